The van der Waals surface area contributed by atoms with E-state index in [9.17, 15) is 9.59 Å². The first kappa shape index (κ1) is 12.0. The summed E-state index contributed by atoms with van der Waals surface area (Å²) in [6, 6.07) is 0. The second-order valence-electron chi connectivity index (χ2n) is 4.39. The summed E-state index contributed by atoms with van der Waals surface area (Å²) in [4.78, 5) is 21.4. The molecule has 86 valence electrons. The third kappa shape index (κ3) is 3.22. The second-order valence-corrected chi connectivity index (χ2v) is 4.39. The number of carbonyl (C=O) groups is 2. The van der Waals surface area contributed by atoms with Crippen molar-refractivity contribution in [2.45, 2.75) is 51.4 Å². The van der Waals surface area contributed by atoms with Crippen LogP contribution >= 0.6 is 0 Å². The zero-order valence-electron chi connectivity index (χ0n) is 8.87. The van der Waals surface area contributed by atoms with E-state index in [1.165, 1.54) is 0 Å². The largest absolute Gasteiger partial charge is 0.481 e. The molecule has 0 aromatic rings. The van der Waals surface area contributed by atoms with Gasteiger partial charge in [0.15, 0.2) is 0 Å². The Balaban J connectivity index is 2.33. The number of hydrogen-bond donors (Lipinski definition) is 2. The van der Waals surface area contributed by atoms with Gasteiger partial charge in [0.1, 0.15) is 0 Å². The fourth-order valence-corrected chi connectivity index (χ4v) is 2.36. The zero-order valence-corrected chi connectivity index (χ0v) is 8.87. The molecule has 0 saturated heterocycles. The van der Waals surface area contributed by atoms with E-state index in [0.29, 0.717) is 19.3 Å². The number of hydrogen-bond acceptors (Lipinski definition) is 2. The number of carboxylic acid groups (broad SMARTS) is 2. The molecule has 1 saturated carbocycles. The Morgan fingerprint density at radius 3 is 2.13 bits per heavy atom. The molecule has 0 heterocycles. The minimum Gasteiger partial charge on any atom is -0.481 e. The SMILES string of the molecule is O=C(O)CCCCC1(C(=O)O)CCCC1. The van der Waals surface area contributed by atoms with Crippen molar-refractivity contribution in [2.75, 3.05) is 0 Å². The van der Waals surface area contributed by atoms with E-state index < -0.39 is 17.4 Å². The van der Waals surface area contributed by atoms with Crippen LogP contribution in [-0.4, -0.2) is 22.2 Å². The van der Waals surface area contributed by atoms with Gasteiger partial charge in [0.25, 0.3) is 0 Å². The summed E-state index contributed by atoms with van der Waals surface area (Å²) in [6.45, 7) is 0. The van der Waals surface area contributed by atoms with Crippen LogP contribution in [0.1, 0.15) is 51.4 Å². The van der Waals surface area contributed by atoms with Gasteiger partial charge >= 0.3 is 11.9 Å². The molecule has 1 aliphatic rings. The third-order valence-electron chi connectivity index (χ3n) is 3.31. The molecule has 0 spiro atoms. The lowest BCUT2D eigenvalue weighted by atomic mass is 9.81. The van der Waals surface area contributed by atoms with Gasteiger partial charge in [-0.15, -0.1) is 0 Å². The Labute approximate surface area is 89.3 Å². The predicted molar refractivity (Wildman–Crippen MR) is 54.6 cm³/mol. The molecule has 4 nitrogen and oxygen atoms in total. The molecule has 0 bridgehead atoms. The smallest absolute Gasteiger partial charge is 0.309 e. The highest BCUT2D eigenvalue weighted by Crippen LogP contribution is 2.42. The van der Waals surface area contributed by atoms with Crippen molar-refractivity contribution in [2.24, 2.45) is 5.41 Å². The molecule has 4 heteroatoms. The van der Waals surface area contributed by atoms with E-state index >= 15 is 0 Å². The van der Waals surface area contributed by atoms with Crippen molar-refractivity contribution < 1.29 is 19.8 Å². The summed E-state index contributed by atoms with van der Waals surface area (Å²) in [5.74, 6) is -1.50. The van der Waals surface area contributed by atoms with E-state index in [2.05, 4.69) is 0 Å². The van der Waals surface area contributed by atoms with Gasteiger partial charge in [0, 0.05) is 6.42 Å². The molecule has 2 N–H and O–H groups in total. The lowest BCUT2D eigenvalue weighted by Gasteiger charge is -2.23. The molecule has 1 aliphatic carbocycles. The lowest BCUT2D eigenvalue weighted by molar-refractivity contribution is -0.149. The standard InChI is InChI=1S/C11H18O4/c12-9(13)5-1-2-6-11(10(14)15)7-3-4-8-11/h1-8H2,(H,12,13)(H,14,15). The molecule has 0 unspecified atom stereocenters. The monoisotopic (exact) mass is 214 g/mol. The molecular formula is C11H18O4. The minimum absolute atomic E-state index is 0.149. The fraction of sp³-hybridized carbons (Fsp3) is 0.818. The first-order valence-electron chi connectivity index (χ1n) is 5.52. The van der Waals surface area contributed by atoms with Gasteiger partial charge in [-0.2, -0.15) is 0 Å². The number of rotatable bonds is 6. The number of carboxylic acids is 2. The van der Waals surface area contributed by atoms with Crippen molar-refractivity contribution in [3.63, 3.8) is 0 Å². The van der Waals surface area contributed by atoms with E-state index in [4.69, 9.17) is 10.2 Å². The highest BCUT2D eigenvalue weighted by Gasteiger charge is 2.40. The first-order chi connectivity index (χ1) is 7.07. The molecule has 0 amide bonds. The average Bonchev–Trinajstić information content (AvgIpc) is 2.62. The summed E-state index contributed by atoms with van der Waals surface area (Å²) in [5, 5.41) is 17.6. The fourth-order valence-electron chi connectivity index (χ4n) is 2.36. The van der Waals surface area contributed by atoms with Crippen LogP contribution in [0, 0.1) is 5.41 Å². The van der Waals surface area contributed by atoms with Gasteiger partial charge < -0.3 is 10.2 Å². The molecule has 0 aliphatic heterocycles. The van der Waals surface area contributed by atoms with Crippen LogP contribution in [0.15, 0.2) is 0 Å². The molecule has 0 aromatic heterocycles. The quantitative estimate of drug-likeness (QED) is 0.665. The summed E-state index contributed by atoms with van der Waals surface area (Å²) in [5.41, 5.74) is -0.543. The Bertz CT molecular complexity index is 241. The maximum absolute atomic E-state index is 11.1. The van der Waals surface area contributed by atoms with E-state index in [-0.39, 0.29) is 6.42 Å². The van der Waals surface area contributed by atoms with Crippen molar-refractivity contribution >= 4 is 11.9 Å². The summed E-state index contributed by atoms with van der Waals surface area (Å²) >= 11 is 0. The van der Waals surface area contributed by atoms with Crippen molar-refractivity contribution in [1.29, 1.82) is 0 Å². The van der Waals surface area contributed by atoms with Crippen molar-refractivity contribution in [1.82, 2.24) is 0 Å². The van der Waals surface area contributed by atoms with Gasteiger partial charge in [-0.3, -0.25) is 9.59 Å². The molecule has 15 heavy (non-hydrogen) atoms. The van der Waals surface area contributed by atoms with Gasteiger partial charge in [-0.25, -0.2) is 0 Å². The van der Waals surface area contributed by atoms with Gasteiger partial charge in [0.2, 0.25) is 0 Å². The number of aliphatic carboxylic acids is 2. The summed E-state index contributed by atoms with van der Waals surface area (Å²) in [7, 11) is 0. The second kappa shape index (κ2) is 5.14. The van der Waals surface area contributed by atoms with Crippen LogP contribution in [-0.2, 0) is 9.59 Å². The van der Waals surface area contributed by atoms with Crippen molar-refractivity contribution in [3.8, 4) is 0 Å². The van der Waals surface area contributed by atoms with Crippen LogP contribution in [0.3, 0.4) is 0 Å². The Morgan fingerprint density at radius 2 is 1.67 bits per heavy atom. The van der Waals surface area contributed by atoms with Crippen molar-refractivity contribution in [3.05, 3.63) is 0 Å². The first-order valence-corrected chi connectivity index (χ1v) is 5.52. The van der Waals surface area contributed by atoms with Crippen LogP contribution in [0.25, 0.3) is 0 Å². The highest BCUT2D eigenvalue weighted by atomic mass is 16.4. The van der Waals surface area contributed by atoms with E-state index in [1.54, 1.807) is 0 Å². The Hall–Kier alpha value is -1.06. The molecular weight excluding hydrogens is 196 g/mol. The Morgan fingerprint density at radius 1 is 1.07 bits per heavy atom. The molecule has 0 radical (unpaired) electrons. The third-order valence-corrected chi connectivity index (χ3v) is 3.31. The molecule has 0 aromatic carbocycles. The maximum atomic E-state index is 11.1. The minimum atomic E-state index is -0.800. The molecule has 0 atom stereocenters. The molecule has 1 rings (SSSR count). The summed E-state index contributed by atoms with van der Waals surface area (Å²) < 4.78 is 0. The lowest BCUT2D eigenvalue weighted by Crippen LogP contribution is -2.27. The molecule has 1 fully saturated rings. The van der Waals surface area contributed by atoms with Gasteiger partial charge in [-0.05, 0) is 25.7 Å². The average molecular weight is 214 g/mol. The normalized spacial score (nSPS) is 18.9. The zero-order chi connectivity index (χ0) is 11.3. The van der Waals surface area contributed by atoms with Crippen LogP contribution in [0.2, 0.25) is 0 Å². The Kier molecular flexibility index (Phi) is 4.12. The highest BCUT2D eigenvalue weighted by molar-refractivity contribution is 5.75. The van der Waals surface area contributed by atoms with E-state index in [0.717, 1.165) is 25.7 Å². The van der Waals surface area contributed by atoms with Gasteiger partial charge in [0.05, 0.1) is 5.41 Å². The summed E-state index contributed by atoms with van der Waals surface area (Å²) in [6.07, 6.45) is 5.58. The van der Waals surface area contributed by atoms with Crippen LogP contribution in [0.4, 0.5) is 0 Å². The van der Waals surface area contributed by atoms with Gasteiger partial charge in [-0.1, -0.05) is 19.3 Å². The number of unbranched alkanes of at least 4 members (excludes halogenated alkanes) is 1. The van der Waals surface area contributed by atoms with Crippen LogP contribution in [0.5, 0.6) is 0 Å². The topological polar surface area (TPSA) is 74.6 Å². The predicted octanol–water partition coefficient (Wildman–Crippen LogP) is 2.28. The maximum Gasteiger partial charge on any atom is 0.309 e. The van der Waals surface area contributed by atoms with E-state index in [1.807, 2.05) is 0 Å². The van der Waals surface area contributed by atoms with Crippen LogP contribution < -0.4 is 0 Å².